The predicted molar refractivity (Wildman–Crippen MR) is 105 cm³/mol. The first-order valence-electron chi connectivity index (χ1n) is 9.53. The number of methoxy groups -OCH3 is 1. The molecule has 0 bridgehead atoms. The van der Waals surface area contributed by atoms with Crippen LogP contribution in [0.2, 0.25) is 0 Å². The van der Waals surface area contributed by atoms with Gasteiger partial charge < -0.3 is 25.4 Å². The van der Waals surface area contributed by atoms with Crippen LogP contribution in [0.4, 0.5) is 10.5 Å². The van der Waals surface area contributed by atoms with E-state index in [-0.39, 0.29) is 23.8 Å². The third-order valence-corrected chi connectivity index (χ3v) is 4.81. The fourth-order valence-electron chi connectivity index (χ4n) is 3.20. The standard InChI is InChI=1S/C20H29N3O5/c1-13(2)12-17(19(25)26)22-20(27)23-10-8-14(9-11-23)18(24)21-15-4-6-16(28-3)7-5-15/h4-7,13-14,17H,8-12H2,1-3H3,(H,21,24)(H,22,27)(H,25,26)/t17-/m0/s1. The monoisotopic (exact) mass is 391 g/mol. The molecule has 3 amide bonds. The van der Waals surface area contributed by atoms with Crippen LogP contribution in [0.25, 0.3) is 0 Å². The highest BCUT2D eigenvalue weighted by Crippen LogP contribution is 2.21. The van der Waals surface area contributed by atoms with Crippen molar-refractivity contribution in [2.75, 3.05) is 25.5 Å². The number of hydrogen-bond donors (Lipinski definition) is 3. The summed E-state index contributed by atoms with van der Waals surface area (Å²) < 4.78 is 5.10. The van der Waals surface area contributed by atoms with Crippen molar-refractivity contribution >= 4 is 23.6 Å². The van der Waals surface area contributed by atoms with Crippen LogP contribution in [0.3, 0.4) is 0 Å². The smallest absolute Gasteiger partial charge is 0.326 e. The Balaban J connectivity index is 1.82. The summed E-state index contributed by atoms with van der Waals surface area (Å²) in [7, 11) is 1.58. The second-order valence-electron chi connectivity index (χ2n) is 7.45. The number of carboxylic acid groups (broad SMARTS) is 1. The van der Waals surface area contributed by atoms with Gasteiger partial charge in [-0.15, -0.1) is 0 Å². The molecule has 1 fully saturated rings. The van der Waals surface area contributed by atoms with Crippen molar-refractivity contribution in [3.05, 3.63) is 24.3 Å². The van der Waals surface area contributed by atoms with Gasteiger partial charge >= 0.3 is 12.0 Å². The lowest BCUT2D eigenvalue weighted by Gasteiger charge is -2.32. The second kappa shape index (κ2) is 9.96. The fourth-order valence-corrected chi connectivity index (χ4v) is 3.20. The first-order valence-corrected chi connectivity index (χ1v) is 9.53. The van der Waals surface area contributed by atoms with Gasteiger partial charge in [-0.2, -0.15) is 0 Å². The molecular formula is C20H29N3O5. The van der Waals surface area contributed by atoms with Crippen LogP contribution in [0, 0.1) is 11.8 Å². The number of amides is 3. The molecule has 1 atom stereocenters. The molecule has 8 nitrogen and oxygen atoms in total. The minimum atomic E-state index is -1.03. The number of carbonyl (C=O) groups is 3. The van der Waals surface area contributed by atoms with Crippen molar-refractivity contribution in [1.82, 2.24) is 10.2 Å². The molecule has 1 aliphatic heterocycles. The Bertz CT molecular complexity index is 682. The van der Waals surface area contributed by atoms with Gasteiger partial charge in [0, 0.05) is 24.7 Å². The number of aliphatic carboxylic acids is 1. The Kier molecular flexibility index (Phi) is 7.66. The van der Waals surface area contributed by atoms with E-state index < -0.39 is 12.0 Å². The zero-order valence-corrected chi connectivity index (χ0v) is 16.6. The van der Waals surface area contributed by atoms with Crippen LogP contribution in [-0.4, -0.2) is 54.2 Å². The maximum Gasteiger partial charge on any atom is 0.326 e. The topological polar surface area (TPSA) is 108 Å². The lowest BCUT2D eigenvalue weighted by molar-refractivity contribution is -0.139. The molecule has 1 heterocycles. The van der Waals surface area contributed by atoms with Crippen LogP contribution in [-0.2, 0) is 9.59 Å². The van der Waals surface area contributed by atoms with Gasteiger partial charge in [-0.25, -0.2) is 9.59 Å². The largest absolute Gasteiger partial charge is 0.497 e. The van der Waals surface area contributed by atoms with Gasteiger partial charge in [-0.05, 0) is 49.4 Å². The van der Waals surface area contributed by atoms with Crippen molar-refractivity contribution in [2.24, 2.45) is 11.8 Å². The molecule has 0 spiro atoms. The van der Waals surface area contributed by atoms with Gasteiger partial charge in [0.2, 0.25) is 5.91 Å². The molecule has 0 aromatic heterocycles. The molecule has 3 N–H and O–H groups in total. The zero-order chi connectivity index (χ0) is 20.7. The fraction of sp³-hybridized carbons (Fsp3) is 0.550. The molecule has 154 valence electrons. The molecule has 28 heavy (non-hydrogen) atoms. The molecule has 1 aliphatic rings. The number of likely N-dealkylation sites (tertiary alicyclic amines) is 1. The molecular weight excluding hydrogens is 362 g/mol. The third-order valence-electron chi connectivity index (χ3n) is 4.81. The maximum absolute atomic E-state index is 12.4. The number of benzene rings is 1. The van der Waals surface area contributed by atoms with Gasteiger partial charge in [0.05, 0.1) is 7.11 Å². The number of carbonyl (C=O) groups excluding carboxylic acids is 2. The van der Waals surface area contributed by atoms with Crippen molar-refractivity contribution < 1.29 is 24.2 Å². The van der Waals surface area contributed by atoms with Crippen LogP contribution in [0.1, 0.15) is 33.1 Å². The molecule has 1 saturated heterocycles. The zero-order valence-electron chi connectivity index (χ0n) is 16.6. The summed E-state index contributed by atoms with van der Waals surface area (Å²) in [5, 5.41) is 14.7. The second-order valence-corrected chi connectivity index (χ2v) is 7.45. The van der Waals surface area contributed by atoms with E-state index in [2.05, 4.69) is 10.6 Å². The van der Waals surface area contributed by atoms with Crippen LogP contribution in [0.15, 0.2) is 24.3 Å². The Morgan fingerprint density at radius 2 is 1.79 bits per heavy atom. The highest BCUT2D eigenvalue weighted by molar-refractivity contribution is 5.92. The minimum Gasteiger partial charge on any atom is -0.497 e. The van der Waals surface area contributed by atoms with E-state index in [1.165, 1.54) is 0 Å². The first-order chi connectivity index (χ1) is 13.3. The molecule has 0 saturated carbocycles. The Morgan fingerprint density at radius 1 is 1.18 bits per heavy atom. The van der Waals surface area contributed by atoms with Gasteiger partial charge in [-0.1, -0.05) is 13.8 Å². The average Bonchev–Trinajstić information content (AvgIpc) is 2.67. The van der Waals surface area contributed by atoms with Crippen LogP contribution >= 0.6 is 0 Å². The van der Waals surface area contributed by atoms with Crippen molar-refractivity contribution in [3.63, 3.8) is 0 Å². The summed E-state index contributed by atoms with van der Waals surface area (Å²) in [6.07, 6.45) is 1.45. The SMILES string of the molecule is COc1ccc(NC(=O)C2CCN(C(=O)N[C@@H](CC(C)C)C(=O)O)CC2)cc1. The summed E-state index contributed by atoms with van der Waals surface area (Å²) in [6.45, 7) is 4.66. The number of rotatable bonds is 7. The number of hydrogen-bond acceptors (Lipinski definition) is 4. The minimum absolute atomic E-state index is 0.0755. The number of piperidine rings is 1. The average molecular weight is 391 g/mol. The number of urea groups is 1. The predicted octanol–water partition coefficient (Wildman–Crippen LogP) is 2.55. The van der Waals surface area contributed by atoms with E-state index in [0.717, 1.165) is 5.75 Å². The summed E-state index contributed by atoms with van der Waals surface area (Å²) in [4.78, 5) is 37.7. The molecule has 1 aromatic carbocycles. The van der Waals surface area contributed by atoms with E-state index in [4.69, 9.17) is 4.74 Å². The first kappa shape index (κ1) is 21.5. The summed E-state index contributed by atoms with van der Waals surface area (Å²) in [5.74, 6) is -0.412. The Hall–Kier alpha value is -2.77. The number of ether oxygens (including phenoxy) is 1. The van der Waals surface area contributed by atoms with Crippen LogP contribution in [0.5, 0.6) is 5.75 Å². The lowest BCUT2D eigenvalue weighted by Crippen LogP contribution is -2.51. The summed E-state index contributed by atoms with van der Waals surface area (Å²) >= 11 is 0. The van der Waals surface area contributed by atoms with Gasteiger partial charge in [0.15, 0.2) is 0 Å². The van der Waals surface area contributed by atoms with Gasteiger partial charge in [0.1, 0.15) is 11.8 Å². The molecule has 0 unspecified atom stereocenters. The number of carboxylic acids is 1. The molecule has 2 rings (SSSR count). The molecule has 0 radical (unpaired) electrons. The normalized spacial score (nSPS) is 15.8. The Morgan fingerprint density at radius 3 is 2.29 bits per heavy atom. The van der Waals surface area contributed by atoms with E-state index in [0.29, 0.717) is 38.0 Å². The number of anilines is 1. The van der Waals surface area contributed by atoms with E-state index in [9.17, 15) is 19.5 Å². The summed E-state index contributed by atoms with van der Waals surface area (Å²) in [6, 6.07) is 5.82. The van der Waals surface area contributed by atoms with Crippen molar-refractivity contribution in [1.29, 1.82) is 0 Å². The highest BCUT2D eigenvalue weighted by atomic mass is 16.5. The molecule has 8 heteroatoms. The van der Waals surface area contributed by atoms with Crippen LogP contribution < -0.4 is 15.4 Å². The lowest BCUT2D eigenvalue weighted by atomic mass is 9.96. The number of nitrogens with zero attached hydrogens (tertiary/aromatic N) is 1. The van der Waals surface area contributed by atoms with E-state index >= 15 is 0 Å². The Labute approximate surface area is 165 Å². The van der Waals surface area contributed by atoms with Crippen molar-refractivity contribution in [2.45, 2.75) is 39.2 Å². The third kappa shape index (κ3) is 6.14. The summed E-state index contributed by atoms with van der Waals surface area (Å²) in [5.41, 5.74) is 0.698. The van der Waals surface area contributed by atoms with E-state index in [1.807, 2.05) is 13.8 Å². The van der Waals surface area contributed by atoms with Crippen molar-refractivity contribution in [3.8, 4) is 5.75 Å². The maximum atomic E-state index is 12.4. The molecule has 1 aromatic rings. The molecule has 0 aliphatic carbocycles. The van der Waals surface area contributed by atoms with Gasteiger partial charge in [-0.3, -0.25) is 4.79 Å². The quantitative estimate of drug-likeness (QED) is 0.662. The van der Waals surface area contributed by atoms with E-state index in [1.54, 1.807) is 36.3 Å². The number of nitrogens with one attached hydrogen (secondary N) is 2. The van der Waals surface area contributed by atoms with Gasteiger partial charge in [0.25, 0.3) is 0 Å². The highest BCUT2D eigenvalue weighted by Gasteiger charge is 2.29.